The summed E-state index contributed by atoms with van der Waals surface area (Å²) >= 11 is 0. The van der Waals surface area contributed by atoms with Gasteiger partial charge in [-0.1, -0.05) is 224 Å². The van der Waals surface area contributed by atoms with Crippen molar-refractivity contribution < 1.29 is 0 Å². The van der Waals surface area contributed by atoms with Crippen LogP contribution in [-0.2, 0) is 5.41 Å². The van der Waals surface area contributed by atoms with E-state index < -0.39 is 5.41 Å². The van der Waals surface area contributed by atoms with Crippen LogP contribution in [0.4, 0.5) is 17.1 Å². The fourth-order valence-electron chi connectivity index (χ4n) is 10.6. The molecule has 0 spiro atoms. The zero-order chi connectivity index (χ0) is 42.5. The monoisotopic (exact) mass is 813 g/mol. The molecule has 0 aliphatic heterocycles. The van der Waals surface area contributed by atoms with E-state index in [1.165, 1.54) is 88.3 Å². The van der Waals surface area contributed by atoms with Crippen LogP contribution >= 0.6 is 0 Å². The Hall–Kier alpha value is -8.26. The summed E-state index contributed by atoms with van der Waals surface area (Å²) in [5.41, 5.74) is 17.6. The highest BCUT2D eigenvalue weighted by molar-refractivity contribution is 6.22. The highest BCUT2D eigenvalue weighted by Gasteiger charge is 2.46. The van der Waals surface area contributed by atoms with E-state index >= 15 is 0 Å². The summed E-state index contributed by atoms with van der Waals surface area (Å²) in [6.45, 7) is 0. The molecule has 0 saturated carbocycles. The predicted octanol–water partition coefficient (Wildman–Crippen LogP) is 16.8. The van der Waals surface area contributed by atoms with Crippen molar-refractivity contribution >= 4 is 38.6 Å². The van der Waals surface area contributed by atoms with Crippen LogP contribution in [-0.4, -0.2) is 0 Å². The van der Waals surface area contributed by atoms with Crippen molar-refractivity contribution in [2.75, 3.05) is 4.90 Å². The lowest BCUT2D eigenvalue weighted by molar-refractivity contribution is 0.768. The molecule has 1 heteroatoms. The van der Waals surface area contributed by atoms with Crippen molar-refractivity contribution in [2.24, 2.45) is 0 Å². The zero-order valence-electron chi connectivity index (χ0n) is 35.3. The van der Waals surface area contributed by atoms with Crippen molar-refractivity contribution in [2.45, 2.75) is 5.41 Å². The van der Waals surface area contributed by atoms with E-state index in [9.17, 15) is 0 Å². The Kier molecular flexibility index (Phi) is 9.13. The van der Waals surface area contributed by atoms with Gasteiger partial charge >= 0.3 is 0 Å². The number of benzene rings is 11. The first-order chi connectivity index (χ1) is 31.8. The van der Waals surface area contributed by atoms with Gasteiger partial charge in [-0.05, 0) is 125 Å². The SMILES string of the molecule is c1ccc(-c2cccc(N(c3ccc4c(c3)C(c3ccccc3)(c3ccccc3)c3ccccc3-4)c3ccc4c(c3)c(-c3ccccc3)c(-c3ccccc3)c3ccccc34)c2)cc1. The van der Waals surface area contributed by atoms with Gasteiger partial charge in [-0.2, -0.15) is 0 Å². The topological polar surface area (TPSA) is 3.24 Å². The van der Waals surface area contributed by atoms with E-state index in [1.54, 1.807) is 0 Å². The van der Waals surface area contributed by atoms with Gasteiger partial charge in [0.2, 0.25) is 0 Å². The average Bonchev–Trinajstić information content (AvgIpc) is 3.68. The molecule has 0 aromatic heterocycles. The van der Waals surface area contributed by atoms with Gasteiger partial charge < -0.3 is 4.90 Å². The first kappa shape index (κ1) is 37.5. The Labute approximate surface area is 374 Å². The summed E-state index contributed by atoms with van der Waals surface area (Å²) in [6, 6.07) is 95.9. The van der Waals surface area contributed by atoms with Crippen LogP contribution in [0.5, 0.6) is 0 Å². The lowest BCUT2D eigenvalue weighted by Crippen LogP contribution is -2.28. The molecule has 1 aliphatic rings. The van der Waals surface area contributed by atoms with Crippen LogP contribution in [0.3, 0.4) is 0 Å². The molecule has 1 aliphatic carbocycles. The molecule has 11 aromatic carbocycles. The maximum atomic E-state index is 2.47. The van der Waals surface area contributed by atoms with Crippen molar-refractivity contribution in [1.82, 2.24) is 0 Å². The van der Waals surface area contributed by atoms with Gasteiger partial charge in [0, 0.05) is 17.1 Å². The molecule has 0 bridgehead atoms. The molecule has 64 heavy (non-hydrogen) atoms. The Morgan fingerprint density at radius 3 is 1.36 bits per heavy atom. The number of anilines is 3. The third-order valence-electron chi connectivity index (χ3n) is 13.3. The molecule has 0 atom stereocenters. The Morgan fingerprint density at radius 2 is 0.703 bits per heavy atom. The molecular weight excluding hydrogens is 771 g/mol. The smallest absolute Gasteiger partial charge is 0.0714 e. The van der Waals surface area contributed by atoms with Crippen LogP contribution < -0.4 is 4.90 Å². The van der Waals surface area contributed by atoms with Gasteiger partial charge in [0.25, 0.3) is 0 Å². The van der Waals surface area contributed by atoms with E-state index in [4.69, 9.17) is 0 Å². The van der Waals surface area contributed by atoms with Gasteiger partial charge in [-0.25, -0.2) is 0 Å². The molecule has 12 rings (SSSR count). The average molecular weight is 814 g/mol. The Balaban J connectivity index is 1.17. The molecule has 300 valence electrons. The summed E-state index contributed by atoms with van der Waals surface area (Å²) in [7, 11) is 0. The second-order valence-electron chi connectivity index (χ2n) is 16.8. The predicted molar refractivity (Wildman–Crippen MR) is 270 cm³/mol. The van der Waals surface area contributed by atoms with Crippen molar-refractivity contribution in [3.8, 4) is 44.5 Å². The number of rotatable bonds is 8. The van der Waals surface area contributed by atoms with Gasteiger partial charge in [0.1, 0.15) is 0 Å². The standard InChI is InChI=1S/C63H43N/c1-6-21-44(22-7-1)47-27-20-32-50(41-47)64(52-38-40-56-55-34-18-19-36-59(55)63(60(56)43-52,48-28-12-4-13-29-48)49-30-14-5-15-31-49)51-37-39-54-53-33-16-17-35-57(53)61(45-23-8-2-9-24-45)62(58(54)42-51)46-25-10-3-11-26-46/h1-43H. The maximum Gasteiger partial charge on any atom is 0.0714 e. The molecule has 0 amide bonds. The van der Waals surface area contributed by atoms with Gasteiger partial charge in [-0.3, -0.25) is 0 Å². The molecule has 0 saturated heterocycles. The zero-order valence-corrected chi connectivity index (χ0v) is 35.3. The molecule has 0 unspecified atom stereocenters. The number of fused-ring (bicyclic) bond motifs is 6. The Bertz CT molecular complexity index is 3430. The largest absolute Gasteiger partial charge is 0.310 e. The number of hydrogen-bond donors (Lipinski definition) is 0. The first-order valence-corrected chi connectivity index (χ1v) is 22.2. The minimum absolute atomic E-state index is 0.532. The van der Waals surface area contributed by atoms with Crippen LogP contribution in [0.1, 0.15) is 22.3 Å². The lowest BCUT2D eigenvalue weighted by Gasteiger charge is -2.35. The van der Waals surface area contributed by atoms with E-state index in [-0.39, 0.29) is 0 Å². The van der Waals surface area contributed by atoms with Crippen LogP contribution in [0.15, 0.2) is 261 Å². The molecule has 11 aromatic rings. The van der Waals surface area contributed by atoms with Crippen molar-refractivity contribution in [3.63, 3.8) is 0 Å². The summed E-state index contributed by atoms with van der Waals surface area (Å²) in [6.07, 6.45) is 0. The number of nitrogens with zero attached hydrogens (tertiary/aromatic N) is 1. The summed E-state index contributed by atoms with van der Waals surface area (Å²) < 4.78 is 0. The van der Waals surface area contributed by atoms with Gasteiger partial charge in [0.15, 0.2) is 0 Å². The quantitative estimate of drug-likeness (QED) is 0.138. The molecule has 0 fully saturated rings. The second kappa shape index (κ2) is 15.6. The van der Waals surface area contributed by atoms with Crippen molar-refractivity contribution in [1.29, 1.82) is 0 Å². The van der Waals surface area contributed by atoms with E-state index in [0.717, 1.165) is 17.1 Å². The fourth-order valence-corrected chi connectivity index (χ4v) is 10.6. The Morgan fingerprint density at radius 1 is 0.250 bits per heavy atom. The highest BCUT2D eigenvalue weighted by Crippen LogP contribution is 2.57. The van der Waals surface area contributed by atoms with Gasteiger partial charge in [-0.15, -0.1) is 0 Å². The molecule has 0 radical (unpaired) electrons. The number of hydrogen-bond acceptors (Lipinski definition) is 1. The first-order valence-electron chi connectivity index (χ1n) is 22.2. The lowest BCUT2D eigenvalue weighted by atomic mass is 9.67. The third-order valence-corrected chi connectivity index (χ3v) is 13.3. The normalized spacial score (nSPS) is 12.5. The van der Waals surface area contributed by atoms with Crippen LogP contribution in [0, 0.1) is 0 Å². The molecule has 0 heterocycles. The maximum absolute atomic E-state index is 2.47. The van der Waals surface area contributed by atoms with Crippen LogP contribution in [0.2, 0.25) is 0 Å². The van der Waals surface area contributed by atoms with Crippen LogP contribution in [0.25, 0.3) is 66.1 Å². The minimum atomic E-state index is -0.532. The van der Waals surface area contributed by atoms with Crippen molar-refractivity contribution in [3.05, 3.63) is 283 Å². The fraction of sp³-hybridized carbons (Fsp3) is 0.0159. The minimum Gasteiger partial charge on any atom is -0.310 e. The second-order valence-corrected chi connectivity index (χ2v) is 16.8. The molecule has 1 nitrogen and oxygen atoms in total. The molecule has 0 N–H and O–H groups in total. The summed E-state index contributed by atoms with van der Waals surface area (Å²) in [4.78, 5) is 2.47. The summed E-state index contributed by atoms with van der Waals surface area (Å²) in [5.74, 6) is 0. The summed E-state index contributed by atoms with van der Waals surface area (Å²) in [5, 5.41) is 4.93. The molecular formula is C63H43N. The van der Waals surface area contributed by atoms with E-state index in [0.29, 0.717) is 0 Å². The highest BCUT2D eigenvalue weighted by atomic mass is 15.1. The van der Waals surface area contributed by atoms with E-state index in [2.05, 4.69) is 266 Å². The third kappa shape index (κ3) is 6.01. The van der Waals surface area contributed by atoms with Gasteiger partial charge in [0.05, 0.1) is 5.41 Å². The van der Waals surface area contributed by atoms with E-state index in [1.807, 2.05) is 0 Å².